The van der Waals surface area contributed by atoms with E-state index in [2.05, 4.69) is 217 Å². The van der Waals surface area contributed by atoms with Crippen LogP contribution in [-0.4, -0.2) is 0 Å². The molecule has 11 rings (SSSR count). The molecule has 0 radical (unpaired) electrons. The molecule has 0 atom stereocenters. The minimum atomic E-state index is -0.347. The first-order chi connectivity index (χ1) is 26.8. The van der Waals surface area contributed by atoms with Crippen molar-refractivity contribution in [2.45, 2.75) is 5.41 Å². The Balaban J connectivity index is 0.994. The van der Waals surface area contributed by atoms with E-state index in [4.69, 9.17) is 0 Å². The fourth-order valence-corrected chi connectivity index (χ4v) is 9.28. The van der Waals surface area contributed by atoms with E-state index in [9.17, 15) is 0 Å². The molecule has 0 fully saturated rings. The molecular weight excluding hydrogens is 651 g/mol. The van der Waals surface area contributed by atoms with Gasteiger partial charge in [0.15, 0.2) is 0 Å². The molecule has 0 aliphatic heterocycles. The Morgan fingerprint density at radius 1 is 0.259 bits per heavy atom. The molecule has 0 saturated carbocycles. The van der Waals surface area contributed by atoms with Gasteiger partial charge in [0, 0.05) is 17.1 Å². The zero-order valence-corrected chi connectivity index (χ0v) is 29.7. The second-order valence-electron chi connectivity index (χ2n) is 14.5. The van der Waals surface area contributed by atoms with Gasteiger partial charge in [0.1, 0.15) is 0 Å². The summed E-state index contributed by atoms with van der Waals surface area (Å²) in [4.78, 5) is 2.39. The molecule has 9 aromatic rings. The van der Waals surface area contributed by atoms with Crippen molar-refractivity contribution in [3.63, 3.8) is 0 Å². The summed E-state index contributed by atoms with van der Waals surface area (Å²) in [6.07, 6.45) is 0. The summed E-state index contributed by atoms with van der Waals surface area (Å²) >= 11 is 0. The topological polar surface area (TPSA) is 3.24 Å². The summed E-state index contributed by atoms with van der Waals surface area (Å²) in [5.41, 5.74) is 18.6. The highest BCUT2D eigenvalue weighted by Crippen LogP contribution is 2.63. The molecule has 0 unspecified atom stereocenters. The summed E-state index contributed by atoms with van der Waals surface area (Å²) in [6.45, 7) is 0. The summed E-state index contributed by atoms with van der Waals surface area (Å²) in [5.74, 6) is 0. The van der Waals surface area contributed by atoms with Gasteiger partial charge in [-0.2, -0.15) is 0 Å². The lowest BCUT2D eigenvalue weighted by Gasteiger charge is -2.31. The van der Waals surface area contributed by atoms with Gasteiger partial charge < -0.3 is 4.90 Å². The fraction of sp³-hybridized carbons (Fsp3) is 0.0189. The predicted molar refractivity (Wildman–Crippen MR) is 226 cm³/mol. The lowest BCUT2D eigenvalue weighted by atomic mass is 9.70. The average molecular weight is 686 g/mol. The zero-order chi connectivity index (χ0) is 35.6. The van der Waals surface area contributed by atoms with E-state index < -0.39 is 0 Å². The first-order valence-corrected chi connectivity index (χ1v) is 18.8. The molecule has 2 aliphatic rings. The summed E-state index contributed by atoms with van der Waals surface area (Å²) in [5, 5.41) is 2.53. The van der Waals surface area contributed by atoms with Gasteiger partial charge in [-0.1, -0.05) is 170 Å². The van der Waals surface area contributed by atoms with E-state index in [1.54, 1.807) is 0 Å². The van der Waals surface area contributed by atoms with Crippen LogP contribution in [-0.2, 0) is 5.41 Å². The second kappa shape index (κ2) is 12.0. The van der Waals surface area contributed by atoms with Gasteiger partial charge in [-0.05, 0) is 120 Å². The first-order valence-electron chi connectivity index (χ1n) is 18.8. The van der Waals surface area contributed by atoms with Gasteiger partial charge >= 0.3 is 0 Å². The maximum absolute atomic E-state index is 2.42. The van der Waals surface area contributed by atoms with Crippen LogP contribution >= 0.6 is 0 Å². The van der Waals surface area contributed by atoms with Crippen LogP contribution in [0.2, 0.25) is 0 Å². The van der Waals surface area contributed by atoms with Crippen molar-refractivity contribution in [1.29, 1.82) is 0 Å². The number of hydrogen-bond acceptors (Lipinski definition) is 1. The minimum Gasteiger partial charge on any atom is -0.310 e. The van der Waals surface area contributed by atoms with Gasteiger partial charge in [-0.3, -0.25) is 0 Å². The highest BCUT2D eigenvalue weighted by Gasteiger charge is 2.51. The van der Waals surface area contributed by atoms with Crippen molar-refractivity contribution in [2.75, 3.05) is 4.90 Å². The zero-order valence-electron chi connectivity index (χ0n) is 29.7. The van der Waals surface area contributed by atoms with Crippen LogP contribution in [0.15, 0.2) is 212 Å². The molecule has 9 aromatic carbocycles. The maximum atomic E-state index is 2.42. The highest BCUT2D eigenvalue weighted by atomic mass is 15.1. The third-order valence-electron chi connectivity index (χ3n) is 11.7. The normalized spacial score (nSPS) is 13.0. The van der Waals surface area contributed by atoms with E-state index in [0.717, 1.165) is 17.1 Å². The number of nitrogens with zero attached hydrogens (tertiary/aromatic N) is 1. The Kier molecular flexibility index (Phi) is 6.84. The number of anilines is 3. The number of benzene rings is 9. The van der Waals surface area contributed by atoms with Gasteiger partial charge in [0.25, 0.3) is 0 Å². The molecule has 2 aliphatic carbocycles. The Morgan fingerprint density at radius 3 is 1.31 bits per heavy atom. The predicted octanol–water partition coefficient (Wildman–Crippen LogP) is 14.0. The SMILES string of the molecule is c1ccc(N(c2ccc(-c3ccc(-c4ccc5ccccc5c4)cc3)cc2)c2ccc3c(c2)-c2ccccc2C32c3ccccc3-c3ccccc32)cc1. The molecule has 252 valence electrons. The number of hydrogen-bond donors (Lipinski definition) is 0. The van der Waals surface area contributed by atoms with Crippen molar-refractivity contribution in [2.24, 2.45) is 0 Å². The standard InChI is InChI=1S/C53H35N/c1-2-14-42(15-3-1)54(43-30-28-38(29-31-43)37-22-24-39(25-23-37)41-27-26-36-12-4-5-13-40(36)34-41)44-32-33-52-48(35-44)47-18-8-11-21-51(47)53(52)49-19-9-6-16-45(49)46-17-7-10-20-50(46)53/h1-35H. The maximum Gasteiger partial charge on any atom is 0.0725 e. The third-order valence-corrected chi connectivity index (χ3v) is 11.7. The molecule has 0 saturated heterocycles. The Bertz CT molecular complexity index is 2820. The van der Waals surface area contributed by atoms with E-state index in [1.165, 1.54) is 77.5 Å². The van der Waals surface area contributed by atoms with Crippen LogP contribution in [0.5, 0.6) is 0 Å². The smallest absolute Gasteiger partial charge is 0.0725 e. The van der Waals surface area contributed by atoms with Crippen LogP contribution in [0, 0.1) is 0 Å². The van der Waals surface area contributed by atoms with Gasteiger partial charge in [0.2, 0.25) is 0 Å². The van der Waals surface area contributed by atoms with E-state index in [0.29, 0.717) is 0 Å². The first kappa shape index (κ1) is 30.6. The fourth-order valence-electron chi connectivity index (χ4n) is 9.28. The Hall–Kier alpha value is -6.96. The average Bonchev–Trinajstić information content (AvgIpc) is 3.71. The quantitative estimate of drug-likeness (QED) is 0.174. The lowest BCUT2D eigenvalue weighted by Crippen LogP contribution is -2.25. The van der Waals surface area contributed by atoms with Gasteiger partial charge in [-0.15, -0.1) is 0 Å². The minimum absolute atomic E-state index is 0.347. The van der Waals surface area contributed by atoms with Crippen molar-refractivity contribution in [3.8, 4) is 44.5 Å². The van der Waals surface area contributed by atoms with Crippen LogP contribution in [0.1, 0.15) is 22.3 Å². The molecule has 54 heavy (non-hydrogen) atoms. The molecule has 0 aromatic heterocycles. The van der Waals surface area contributed by atoms with Crippen molar-refractivity contribution >= 4 is 27.8 Å². The number of fused-ring (bicyclic) bond motifs is 11. The molecule has 0 heterocycles. The second-order valence-corrected chi connectivity index (χ2v) is 14.5. The largest absolute Gasteiger partial charge is 0.310 e. The molecule has 0 bridgehead atoms. The summed E-state index contributed by atoms with van der Waals surface area (Å²) in [7, 11) is 0. The van der Waals surface area contributed by atoms with E-state index in [-0.39, 0.29) is 5.41 Å². The van der Waals surface area contributed by atoms with Crippen molar-refractivity contribution < 1.29 is 0 Å². The molecule has 0 N–H and O–H groups in total. The molecule has 0 amide bonds. The van der Waals surface area contributed by atoms with Crippen molar-refractivity contribution in [1.82, 2.24) is 0 Å². The summed E-state index contributed by atoms with van der Waals surface area (Å²) < 4.78 is 0. The number of para-hydroxylation sites is 1. The van der Waals surface area contributed by atoms with Gasteiger partial charge in [0.05, 0.1) is 5.41 Å². The Morgan fingerprint density at radius 2 is 0.685 bits per heavy atom. The molecular formula is C53H35N. The molecule has 1 heteroatoms. The van der Waals surface area contributed by atoms with E-state index in [1.807, 2.05) is 0 Å². The van der Waals surface area contributed by atoms with Gasteiger partial charge in [-0.25, -0.2) is 0 Å². The van der Waals surface area contributed by atoms with Crippen molar-refractivity contribution in [3.05, 3.63) is 235 Å². The lowest BCUT2D eigenvalue weighted by molar-refractivity contribution is 0.794. The van der Waals surface area contributed by atoms with Crippen LogP contribution < -0.4 is 4.90 Å². The number of rotatable bonds is 5. The highest BCUT2D eigenvalue weighted by molar-refractivity contribution is 5.96. The third kappa shape index (κ3) is 4.52. The molecule has 1 nitrogen and oxygen atoms in total. The van der Waals surface area contributed by atoms with Crippen LogP contribution in [0.4, 0.5) is 17.1 Å². The molecule has 1 spiro atoms. The summed E-state index contributed by atoms with van der Waals surface area (Å²) in [6, 6.07) is 78.1. The Labute approximate surface area is 316 Å². The monoisotopic (exact) mass is 685 g/mol. The van der Waals surface area contributed by atoms with E-state index >= 15 is 0 Å². The van der Waals surface area contributed by atoms with Crippen LogP contribution in [0.25, 0.3) is 55.3 Å². The van der Waals surface area contributed by atoms with Crippen LogP contribution in [0.3, 0.4) is 0 Å².